The highest BCUT2D eigenvalue weighted by molar-refractivity contribution is 5.82. The van der Waals surface area contributed by atoms with E-state index < -0.39 is 12.1 Å². The number of carbonyl (C=O) groups is 2. The van der Waals surface area contributed by atoms with Crippen LogP contribution in [0.4, 0.5) is 0 Å². The van der Waals surface area contributed by atoms with Crippen LogP contribution in [0.1, 0.15) is 65.0 Å². The minimum absolute atomic E-state index is 0.0400. The lowest BCUT2D eigenvalue weighted by Gasteiger charge is -2.37. The Balaban J connectivity index is 2.07. The topological polar surface area (TPSA) is 81.4 Å². The molecule has 150 valence electrons. The predicted molar refractivity (Wildman–Crippen MR) is 107 cm³/mol. The molecule has 2 rings (SSSR count). The fraction of sp³-hybridized carbons (Fsp3) is 0.636. The van der Waals surface area contributed by atoms with Crippen LogP contribution in [-0.4, -0.2) is 24.0 Å². The lowest BCUT2D eigenvalue weighted by molar-refractivity contribution is -0.156. The quantitative estimate of drug-likeness (QED) is 0.715. The van der Waals surface area contributed by atoms with Crippen LogP contribution in [0.3, 0.4) is 0 Å². The summed E-state index contributed by atoms with van der Waals surface area (Å²) in [6, 6.07) is 8.43. The molecule has 0 heterocycles. The summed E-state index contributed by atoms with van der Waals surface area (Å²) in [7, 11) is 0. The molecule has 1 aromatic rings. The standard InChI is InChI=1S/C22H34N2O3/c1-14(2)18-11-10-15(3)12-20(18)27-21(25)13-19(24-22(26)16(4)23)17-8-6-5-7-9-17/h5-9,14-16,18-20H,10-13,23H2,1-4H3,(H,24,26)/t15-,16-,18+,19-,20-/m1/s1. The van der Waals surface area contributed by atoms with E-state index in [4.69, 9.17) is 10.5 Å². The molecule has 0 aliphatic heterocycles. The van der Waals surface area contributed by atoms with Gasteiger partial charge < -0.3 is 15.8 Å². The second-order valence-corrected chi connectivity index (χ2v) is 8.32. The molecule has 0 bridgehead atoms. The van der Waals surface area contributed by atoms with Gasteiger partial charge in [-0.1, -0.05) is 57.5 Å². The summed E-state index contributed by atoms with van der Waals surface area (Å²) in [5.41, 5.74) is 6.56. The molecule has 1 saturated carbocycles. The molecule has 1 aromatic carbocycles. The lowest BCUT2D eigenvalue weighted by atomic mass is 9.75. The van der Waals surface area contributed by atoms with Gasteiger partial charge in [-0.2, -0.15) is 0 Å². The van der Waals surface area contributed by atoms with Gasteiger partial charge in [0.1, 0.15) is 6.10 Å². The molecule has 1 aliphatic rings. The summed E-state index contributed by atoms with van der Waals surface area (Å²) >= 11 is 0. The Bertz CT molecular complexity index is 615. The van der Waals surface area contributed by atoms with E-state index in [0.717, 1.165) is 18.4 Å². The second-order valence-electron chi connectivity index (χ2n) is 8.32. The zero-order valence-corrected chi connectivity index (χ0v) is 17.0. The number of ether oxygens (including phenoxy) is 1. The van der Waals surface area contributed by atoms with Crippen LogP contribution in [0.2, 0.25) is 0 Å². The van der Waals surface area contributed by atoms with Crippen molar-refractivity contribution in [1.82, 2.24) is 5.32 Å². The van der Waals surface area contributed by atoms with E-state index in [0.29, 0.717) is 17.8 Å². The van der Waals surface area contributed by atoms with Gasteiger partial charge in [-0.25, -0.2) is 0 Å². The highest BCUT2D eigenvalue weighted by Gasteiger charge is 2.34. The Morgan fingerprint density at radius 3 is 2.44 bits per heavy atom. The Morgan fingerprint density at radius 1 is 1.19 bits per heavy atom. The van der Waals surface area contributed by atoms with E-state index >= 15 is 0 Å². The molecule has 0 radical (unpaired) electrons. The zero-order chi connectivity index (χ0) is 20.0. The summed E-state index contributed by atoms with van der Waals surface area (Å²) in [6.45, 7) is 8.23. The van der Waals surface area contributed by atoms with Crippen molar-refractivity contribution in [3.05, 3.63) is 35.9 Å². The molecule has 1 fully saturated rings. The smallest absolute Gasteiger partial charge is 0.308 e. The van der Waals surface area contributed by atoms with Crippen LogP contribution in [-0.2, 0) is 14.3 Å². The van der Waals surface area contributed by atoms with Crippen LogP contribution < -0.4 is 11.1 Å². The average molecular weight is 375 g/mol. The third-order valence-electron chi connectivity index (χ3n) is 5.55. The van der Waals surface area contributed by atoms with Gasteiger partial charge in [-0.15, -0.1) is 0 Å². The predicted octanol–water partition coefficient (Wildman–Crippen LogP) is 3.59. The number of nitrogens with two attached hydrogens (primary N) is 1. The molecule has 5 heteroatoms. The number of carbonyl (C=O) groups excluding carboxylic acids is 2. The molecule has 3 N–H and O–H groups in total. The molecule has 1 amide bonds. The van der Waals surface area contributed by atoms with Crippen molar-refractivity contribution in [2.45, 2.75) is 71.6 Å². The number of nitrogens with one attached hydrogen (secondary N) is 1. The fourth-order valence-electron chi connectivity index (χ4n) is 3.87. The van der Waals surface area contributed by atoms with E-state index in [1.807, 2.05) is 30.3 Å². The summed E-state index contributed by atoms with van der Waals surface area (Å²) in [6.07, 6.45) is 3.27. The number of esters is 1. The van der Waals surface area contributed by atoms with E-state index in [-0.39, 0.29) is 24.4 Å². The minimum Gasteiger partial charge on any atom is -0.462 e. The maximum absolute atomic E-state index is 12.7. The molecule has 0 unspecified atom stereocenters. The summed E-state index contributed by atoms with van der Waals surface area (Å²) in [5, 5.41) is 2.88. The third kappa shape index (κ3) is 6.35. The highest BCUT2D eigenvalue weighted by Crippen LogP contribution is 2.35. The fourth-order valence-corrected chi connectivity index (χ4v) is 3.87. The van der Waals surface area contributed by atoms with Gasteiger partial charge in [0, 0.05) is 0 Å². The van der Waals surface area contributed by atoms with Gasteiger partial charge in [0.15, 0.2) is 0 Å². The monoisotopic (exact) mass is 374 g/mol. The Labute approximate surface area is 163 Å². The lowest BCUT2D eigenvalue weighted by Crippen LogP contribution is -2.41. The molecule has 27 heavy (non-hydrogen) atoms. The minimum atomic E-state index is -0.628. The number of amides is 1. The van der Waals surface area contributed by atoms with Gasteiger partial charge in [0.2, 0.25) is 5.91 Å². The summed E-state index contributed by atoms with van der Waals surface area (Å²) in [5.74, 6) is 0.916. The molecule has 5 atom stereocenters. The number of rotatable bonds is 7. The van der Waals surface area contributed by atoms with Gasteiger partial charge >= 0.3 is 5.97 Å². The summed E-state index contributed by atoms with van der Waals surface area (Å²) < 4.78 is 5.91. The van der Waals surface area contributed by atoms with Crippen LogP contribution in [0.15, 0.2) is 30.3 Å². The van der Waals surface area contributed by atoms with Gasteiger partial charge in [0.25, 0.3) is 0 Å². The largest absolute Gasteiger partial charge is 0.462 e. The van der Waals surface area contributed by atoms with Gasteiger partial charge in [-0.05, 0) is 43.1 Å². The first-order valence-corrected chi connectivity index (χ1v) is 10.1. The first kappa shape index (κ1) is 21.4. The molecule has 0 saturated heterocycles. The van der Waals surface area contributed by atoms with E-state index in [1.165, 1.54) is 6.42 Å². The van der Waals surface area contributed by atoms with Crippen molar-refractivity contribution in [2.24, 2.45) is 23.5 Å². The van der Waals surface area contributed by atoms with E-state index in [9.17, 15) is 9.59 Å². The van der Waals surface area contributed by atoms with Crippen molar-refractivity contribution < 1.29 is 14.3 Å². The van der Waals surface area contributed by atoms with Crippen LogP contribution in [0.5, 0.6) is 0 Å². The first-order valence-electron chi connectivity index (χ1n) is 10.1. The molecule has 0 spiro atoms. The van der Waals surface area contributed by atoms with E-state index in [1.54, 1.807) is 6.92 Å². The van der Waals surface area contributed by atoms with Crippen molar-refractivity contribution in [3.8, 4) is 0 Å². The first-order chi connectivity index (χ1) is 12.8. The number of hydrogen-bond acceptors (Lipinski definition) is 4. The Kier molecular flexibility index (Phi) is 7.84. The van der Waals surface area contributed by atoms with Crippen molar-refractivity contribution in [2.75, 3.05) is 0 Å². The van der Waals surface area contributed by atoms with E-state index in [2.05, 4.69) is 26.1 Å². The van der Waals surface area contributed by atoms with Crippen molar-refractivity contribution in [3.63, 3.8) is 0 Å². The molecule has 1 aliphatic carbocycles. The maximum Gasteiger partial charge on any atom is 0.308 e. The Hall–Kier alpha value is -1.88. The van der Waals surface area contributed by atoms with Crippen LogP contribution in [0, 0.1) is 17.8 Å². The molecule has 0 aromatic heterocycles. The van der Waals surface area contributed by atoms with Gasteiger partial charge in [0.05, 0.1) is 18.5 Å². The van der Waals surface area contributed by atoms with Crippen molar-refractivity contribution in [1.29, 1.82) is 0 Å². The van der Waals surface area contributed by atoms with Crippen molar-refractivity contribution >= 4 is 11.9 Å². The molecular formula is C22H34N2O3. The maximum atomic E-state index is 12.7. The molecule has 5 nitrogen and oxygen atoms in total. The number of hydrogen-bond donors (Lipinski definition) is 2. The highest BCUT2D eigenvalue weighted by atomic mass is 16.5. The Morgan fingerprint density at radius 2 is 1.85 bits per heavy atom. The average Bonchev–Trinajstić information content (AvgIpc) is 2.61. The van der Waals surface area contributed by atoms with Gasteiger partial charge in [-0.3, -0.25) is 9.59 Å². The SMILES string of the molecule is CC(C)[C@@H]1CC[C@@H](C)C[C@H]1OC(=O)C[C@@H](NC(=O)[C@@H](C)N)c1ccccc1. The normalized spacial score (nSPS) is 24.9. The number of benzene rings is 1. The second kappa shape index (κ2) is 9.88. The molecular weight excluding hydrogens is 340 g/mol. The zero-order valence-electron chi connectivity index (χ0n) is 17.0. The summed E-state index contributed by atoms with van der Waals surface area (Å²) in [4.78, 5) is 24.8. The third-order valence-corrected chi connectivity index (χ3v) is 5.55. The van der Waals surface area contributed by atoms with Crippen LogP contribution in [0.25, 0.3) is 0 Å². The van der Waals surface area contributed by atoms with Crippen LogP contribution >= 0.6 is 0 Å².